The zero-order valence-corrected chi connectivity index (χ0v) is 24.2. The lowest BCUT2D eigenvalue weighted by Gasteiger charge is -2.02. The Morgan fingerprint density at radius 1 is 0.718 bits per heavy atom. The zero-order chi connectivity index (χ0) is 28.2. The molecule has 39 heavy (non-hydrogen) atoms. The summed E-state index contributed by atoms with van der Waals surface area (Å²) in [5.41, 5.74) is 2.99. The summed E-state index contributed by atoms with van der Waals surface area (Å²) in [6.45, 7) is 0. The Hall–Kier alpha value is -3.08. The largest absolute Gasteiger partial charge is 0.335 e. The number of anilines is 2. The van der Waals surface area contributed by atoms with E-state index in [0.29, 0.717) is 44.9 Å². The van der Waals surface area contributed by atoms with Crippen molar-refractivity contribution in [2.24, 2.45) is 0 Å². The summed E-state index contributed by atoms with van der Waals surface area (Å²) in [6, 6.07) is 9.63. The van der Waals surface area contributed by atoms with E-state index in [-0.39, 0.29) is 21.9 Å². The lowest BCUT2D eigenvalue weighted by atomic mass is 10.3. The summed E-state index contributed by atoms with van der Waals surface area (Å²) >= 11 is 2.30. The van der Waals surface area contributed by atoms with Crippen LogP contribution in [-0.2, 0) is 20.0 Å². The Labute approximate surface area is 233 Å². The molecule has 2 heterocycles. The van der Waals surface area contributed by atoms with Crippen LogP contribution in [0.3, 0.4) is 0 Å². The number of hydrogen-bond acceptors (Lipinski definition) is 10. The third kappa shape index (κ3) is 8.45. The van der Waals surface area contributed by atoms with Gasteiger partial charge in [-0.05, 0) is 49.2 Å². The number of sulfonamides is 2. The van der Waals surface area contributed by atoms with Crippen LogP contribution in [0.1, 0.15) is 40.5 Å². The normalized spacial score (nSPS) is 12.2. The summed E-state index contributed by atoms with van der Waals surface area (Å²) in [7, 11) is -6.82. The molecule has 4 aromatic rings. The molecule has 0 aliphatic rings. The van der Waals surface area contributed by atoms with E-state index in [4.69, 9.17) is 0 Å². The molecule has 0 unspecified atom stereocenters. The molecular formula is C23H26N6O6S4. The Bertz CT molecular complexity index is 1620. The SMILES string of the molecule is CS(=O)(=O)Nc1ccc2[nH]c(C(=O)SCCCCCSC(=O)c3nc4cc(NS(C)(=O)=O)ccc4[nH]3)nc2c1. The first-order valence-corrected chi connectivity index (χ1v) is 17.4. The van der Waals surface area contributed by atoms with E-state index in [2.05, 4.69) is 29.4 Å². The highest BCUT2D eigenvalue weighted by Crippen LogP contribution is 2.22. The number of aromatic amines is 2. The van der Waals surface area contributed by atoms with Crippen LogP contribution in [0.4, 0.5) is 11.4 Å². The van der Waals surface area contributed by atoms with Crippen LogP contribution in [0, 0.1) is 0 Å². The number of H-pyrrole nitrogens is 2. The van der Waals surface area contributed by atoms with Crippen molar-refractivity contribution in [1.82, 2.24) is 19.9 Å². The molecule has 0 fully saturated rings. The molecule has 16 heteroatoms. The van der Waals surface area contributed by atoms with Crippen LogP contribution in [0.5, 0.6) is 0 Å². The number of unbranched alkanes of at least 4 members (excludes halogenated alkanes) is 2. The van der Waals surface area contributed by atoms with E-state index in [9.17, 15) is 26.4 Å². The van der Waals surface area contributed by atoms with Crippen molar-refractivity contribution in [2.75, 3.05) is 33.5 Å². The first-order chi connectivity index (χ1) is 18.4. The van der Waals surface area contributed by atoms with Gasteiger partial charge in [0.15, 0.2) is 11.6 Å². The van der Waals surface area contributed by atoms with Gasteiger partial charge in [-0.3, -0.25) is 19.0 Å². The second-order valence-corrected chi connectivity index (χ2v) is 14.3. The van der Waals surface area contributed by atoms with Crippen molar-refractivity contribution < 1.29 is 26.4 Å². The third-order valence-corrected chi connectivity index (χ3v) is 8.32. The number of nitrogens with one attached hydrogen (secondary N) is 4. The number of aromatic nitrogens is 4. The summed E-state index contributed by atoms with van der Waals surface area (Å²) in [5.74, 6) is 1.61. The minimum atomic E-state index is -3.41. The highest BCUT2D eigenvalue weighted by Gasteiger charge is 2.15. The highest BCUT2D eigenvalue weighted by atomic mass is 32.2. The second-order valence-electron chi connectivity index (χ2n) is 8.72. The Kier molecular flexibility index (Phi) is 8.88. The third-order valence-electron chi connectivity index (χ3n) is 5.21. The van der Waals surface area contributed by atoms with Gasteiger partial charge in [0, 0.05) is 11.5 Å². The van der Waals surface area contributed by atoms with Gasteiger partial charge in [0.25, 0.3) is 10.2 Å². The van der Waals surface area contributed by atoms with Crippen LogP contribution >= 0.6 is 23.5 Å². The predicted octanol–water partition coefficient (Wildman–Crippen LogP) is 3.80. The van der Waals surface area contributed by atoms with E-state index >= 15 is 0 Å². The van der Waals surface area contributed by atoms with Gasteiger partial charge in [-0.25, -0.2) is 26.8 Å². The van der Waals surface area contributed by atoms with Gasteiger partial charge in [0.1, 0.15) is 0 Å². The van der Waals surface area contributed by atoms with E-state index in [0.717, 1.165) is 55.3 Å². The van der Waals surface area contributed by atoms with Gasteiger partial charge in [-0.2, -0.15) is 0 Å². The molecule has 0 saturated carbocycles. The number of carbonyl (C=O) groups excluding carboxylic acids is 2. The number of fused-ring (bicyclic) bond motifs is 2. The zero-order valence-electron chi connectivity index (χ0n) is 21.0. The monoisotopic (exact) mass is 610 g/mol. The number of nitrogens with zero attached hydrogens (tertiary/aromatic N) is 2. The molecule has 0 spiro atoms. The van der Waals surface area contributed by atoms with Gasteiger partial charge in [-0.15, -0.1) is 0 Å². The minimum Gasteiger partial charge on any atom is -0.335 e. The lowest BCUT2D eigenvalue weighted by Crippen LogP contribution is -2.09. The van der Waals surface area contributed by atoms with Gasteiger partial charge in [0.05, 0.1) is 46.0 Å². The minimum absolute atomic E-state index is 0.201. The summed E-state index contributed by atoms with van der Waals surface area (Å²) in [5, 5.41) is -0.402. The highest BCUT2D eigenvalue weighted by molar-refractivity contribution is 8.14. The van der Waals surface area contributed by atoms with Gasteiger partial charge in [0.2, 0.25) is 20.0 Å². The molecule has 2 aromatic carbocycles. The predicted molar refractivity (Wildman–Crippen MR) is 157 cm³/mol. The van der Waals surface area contributed by atoms with Crippen LogP contribution in [0.2, 0.25) is 0 Å². The Morgan fingerprint density at radius 3 is 1.51 bits per heavy atom. The average Bonchev–Trinajstić information content (AvgIpc) is 3.45. The van der Waals surface area contributed by atoms with Crippen LogP contribution in [0.15, 0.2) is 36.4 Å². The van der Waals surface area contributed by atoms with Gasteiger partial charge in [-0.1, -0.05) is 29.9 Å². The first kappa shape index (κ1) is 28.9. The van der Waals surface area contributed by atoms with Crippen LogP contribution in [0.25, 0.3) is 22.1 Å². The maximum Gasteiger partial charge on any atom is 0.254 e. The molecule has 208 valence electrons. The summed E-state index contributed by atoms with van der Waals surface area (Å²) in [4.78, 5) is 39.4. The van der Waals surface area contributed by atoms with Crippen LogP contribution in [-0.4, -0.2) is 71.0 Å². The number of hydrogen-bond donors (Lipinski definition) is 4. The fourth-order valence-electron chi connectivity index (χ4n) is 3.61. The molecule has 0 radical (unpaired) electrons. The molecule has 4 N–H and O–H groups in total. The molecule has 0 saturated heterocycles. The number of benzene rings is 2. The molecule has 0 amide bonds. The first-order valence-electron chi connectivity index (χ1n) is 11.7. The summed E-state index contributed by atoms with van der Waals surface area (Å²) in [6.07, 6.45) is 4.53. The van der Waals surface area contributed by atoms with Crippen LogP contribution < -0.4 is 9.44 Å². The van der Waals surface area contributed by atoms with Gasteiger partial charge < -0.3 is 9.97 Å². The number of imidazole rings is 2. The van der Waals surface area contributed by atoms with Crippen molar-refractivity contribution in [3.05, 3.63) is 48.0 Å². The quantitative estimate of drug-likeness (QED) is 0.172. The molecule has 4 rings (SSSR count). The molecule has 0 atom stereocenters. The number of carbonyl (C=O) groups is 2. The summed E-state index contributed by atoms with van der Waals surface area (Å²) < 4.78 is 50.4. The fourth-order valence-corrected chi connectivity index (χ4v) is 6.25. The molecule has 0 aliphatic carbocycles. The van der Waals surface area contributed by atoms with E-state index in [1.54, 1.807) is 36.4 Å². The van der Waals surface area contributed by atoms with Crippen molar-refractivity contribution >= 4 is 87.2 Å². The smallest absolute Gasteiger partial charge is 0.254 e. The second kappa shape index (κ2) is 12.0. The molecule has 2 aromatic heterocycles. The average molecular weight is 611 g/mol. The standard InChI is InChI=1S/C23H26N6O6S4/c1-38(32,33)28-14-6-8-16-18(12-14)26-20(24-16)22(30)36-10-4-3-5-11-37-23(31)21-25-17-9-7-15(13-19(17)27-21)29-39(2,34)35/h6-9,12-13,28-29H,3-5,10-11H2,1-2H3,(H,24,26)(H,25,27). The van der Waals surface area contributed by atoms with E-state index in [1.165, 1.54) is 0 Å². The van der Waals surface area contributed by atoms with Crippen molar-refractivity contribution in [3.63, 3.8) is 0 Å². The molecule has 0 aliphatic heterocycles. The van der Waals surface area contributed by atoms with E-state index < -0.39 is 20.0 Å². The lowest BCUT2D eigenvalue weighted by molar-refractivity contribution is 0.107. The molecule has 0 bridgehead atoms. The Morgan fingerprint density at radius 2 is 1.13 bits per heavy atom. The van der Waals surface area contributed by atoms with Crippen molar-refractivity contribution in [2.45, 2.75) is 19.3 Å². The van der Waals surface area contributed by atoms with Crippen molar-refractivity contribution in [3.8, 4) is 0 Å². The number of rotatable bonds is 12. The maximum atomic E-state index is 12.5. The maximum absolute atomic E-state index is 12.5. The molecular weight excluding hydrogens is 585 g/mol. The Balaban J connectivity index is 1.18. The topological polar surface area (TPSA) is 184 Å². The van der Waals surface area contributed by atoms with Gasteiger partial charge >= 0.3 is 0 Å². The fraction of sp³-hybridized carbons (Fsp3) is 0.304. The van der Waals surface area contributed by atoms with E-state index in [1.807, 2.05) is 0 Å². The number of thioether (sulfide) groups is 2. The van der Waals surface area contributed by atoms with Crippen molar-refractivity contribution in [1.29, 1.82) is 0 Å². The molecule has 12 nitrogen and oxygen atoms in total.